The molecule has 0 saturated heterocycles. The van der Waals surface area contributed by atoms with Crippen molar-refractivity contribution in [1.82, 2.24) is 5.43 Å². The maximum absolute atomic E-state index is 12.0. The van der Waals surface area contributed by atoms with Gasteiger partial charge in [0.15, 0.2) is 0 Å². The van der Waals surface area contributed by atoms with Gasteiger partial charge in [0.05, 0.1) is 19.0 Å². The minimum Gasteiger partial charge on any atom is -0.508 e. The van der Waals surface area contributed by atoms with Crippen LogP contribution in [0.3, 0.4) is 0 Å². The molecule has 0 heterocycles. The number of carbonyl (C=O) groups excluding carboxylic acids is 1. The Hall–Kier alpha value is -3.22. The molecule has 2 aromatic carbocycles. The second kappa shape index (κ2) is 7.87. The van der Waals surface area contributed by atoms with Crippen LogP contribution in [0.2, 0.25) is 0 Å². The zero-order valence-electron chi connectivity index (χ0n) is 13.4. The number of nitrogens with zero attached hydrogens (tertiary/aromatic N) is 1. The van der Waals surface area contributed by atoms with Gasteiger partial charge in [-0.1, -0.05) is 12.1 Å². The summed E-state index contributed by atoms with van der Waals surface area (Å²) in [6, 6.07) is 10.8. The maximum atomic E-state index is 12.0. The lowest BCUT2D eigenvalue weighted by atomic mass is 10.2. The molecule has 7 heteroatoms. The highest BCUT2D eigenvalue weighted by atomic mass is 16.5. The minimum absolute atomic E-state index is 0.0525. The fourth-order valence-corrected chi connectivity index (χ4v) is 1.97. The van der Waals surface area contributed by atoms with Crippen LogP contribution in [0, 0.1) is 0 Å². The monoisotopic (exact) mass is 329 g/mol. The van der Waals surface area contributed by atoms with Gasteiger partial charge in [0.25, 0.3) is 5.91 Å². The van der Waals surface area contributed by atoms with E-state index in [1.165, 1.54) is 24.4 Å². The molecule has 126 valence electrons. The number of aromatic hydroxyl groups is 2. The summed E-state index contributed by atoms with van der Waals surface area (Å²) in [4.78, 5) is 12.0. The fourth-order valence-electron chi connectivity index (χ4n) is 1.97. The van der Waals surface area contributed by atoms with E-state index in [0.29, 0.717) is 17.0 Å². The molecule has 0 saturated carbocycles. The van der Waals surface area contributed by atoms with Crippen molar-refractivity contribution in [1.29, 1.82) is 0 Å². The number of para-hydroxylation sites is 2. The smallest absolute Gasteiger partial charge is 0.262 e. The summed E-state index contributed by atoms with van der Waals surface area (Å²) in [6.07, 6.45) is 1.29. The van der Waals surface area contributed by atoms with E-state index >= 15 is 0 Å². The highest BCUT2D eigenvalue weighted by molar-refractivity contribution is 5.88. The minimum atomic E-state index is -0.549. The Morgan fingerprint density at radius 3 is 2.71 bits per heavy atom. The van der Waals surface area contributed by atoms with Crippen LogP contribution in [-0.4, -0.2) is 35.5 Å². The SMILES string of the molecule is COc1ccccc1N[C@@H](C)C(=O)N/N=C\c1ccc(O)cc1O. The van der Waals surface area contributed by atoms with Gasteiger partial charge in [0.2, 0.25) is 0 Å². The molecule has 1 atom stereocenters. The quantitative estimate of drug-likeness (QED) is 0.480. The standard InChI is InChI=1S/C17H19N3O4/c1-11(19-14-5-3-4-6-16(14)24-2)17(23)20-18-10-12-7-8-13(21)9-15(12)22/h3-11,19,21-22H,1-2H3,(H,20,23)/b18-10-/t11-/m0/s1. The first-order valence-corrected chi connectivity index (χ1v) is 7.25. The number of methoxy groups -OCH3 is 1. The van der Waals surface area contributed by atoms with E-state index in [2.05, 4.69) is 15.8 Å². The summed E-state index contributed by atoms with van der Waals surface area (Å²) in [5.74, 6) is 0.0987. The van der Waals surface area contributed by atoms with Gasteiger partial charge in [0, 0.05) is 11.6 Å². The number of rotatable bonds is 6. The van der Waals surface area contributed by atoms with Crippen LogP contribution in [-0.2, 0) is 4.79 Å². The number of benzene rings is 2. The molecule has 2 aromatic rings. The summed E-state index contributed by atoms with van der Waals surface area (Å²) in [6.45, 7) is 1.69. The molecule has 4 N–H and O–H groups in total. The highest BCUT2D eigenvalue weighted by Gasteiger charge is 2.13. The van der Waals surface area contributed by atoms with Crippen LogP contribution < -0.4 is 15.5 Å². The Morgan fingerprint density at radius 1 is 1.25 bits per heavy atom. The molecule has 7 nitrogen and oxygen atoms in total. The van der Waals surface area contributed by atoms with Gasteiger partial charge in [0.1, 0.15) is 23.3 Å². The van der Waals surface area contributed by atoms with Crippen molar-refractivity contribution in [2.75, 3.05) is 12.4 Å². The molecule has 0 fully saturated rings. The third-order valence-corrected chi connectivity index (χ3v) is 3.26. The van der Waals surface area contributed by atoms with Crippen molar-refractivity contribution >= 4 is 17.8 Å². The van der Waals surface area contributed by atoms with E-state index in [1.54, 1.807) is 26.2 Å². The maximum Gasteiger partial charge on any atom is 0.262 e. The average molecular weight is 329 g/mol. The molecule has 0 aromatic heterocycles. The van der Waals surface area contributed by atoms with E-state index in [0.717, 1.165) is 0 Å². The second-order valence-electron chi connectivity index (χ2n) is 5.04. The summed E-state index contributed by atoms with van der Waals surface area (Å²) in [5, 5.41) is 25.7. The summed E-state index contributed by atoms with van der Waals surface area (Å²) >= 11 is 0. The number of nitrogens with one attached hydrogen (secondary N) is 2. The van der Waals surface area contributed by atoms with E-state index in [-0.39, 0.29) is 17.4 Å². The molecular formula is C17H19N3O4. The number of hydrogen-bond acceptors (Lipinski definition) is 6. The third kappa shape index (κ3) is 4.39. The second-order valence-corrected chi connectivity index (χ2v) is 5.04. The zero-order valence-corrected chi connectivity index (χ0v) is 13.4. The Morgan fingerprint density at radius 2 is 2.00 bits per heavy atom. The zero-order chi connectivity index (χ0) is 17.5. The Bertz CT molecular complexity index is 746. The van der Waals surface area contributed by atoms with Gasteiger partial charge in [-0.25, -0.2) is 5.43 Å². The Labute approximate surface area is 139 Å². The van der Waals surface area contributed by atoms with E-state index in [1.807, 2.05) is 12.1 Å². The van der Waals surface area contributed by atoms with Gasteiger partial charge >= 0.3 is 0 Å². The molecule has 0 unspecified atom stereocenters. The van der Waals surface area contributed by atoms with Gasteiger partial charge in [-0.15, -0.1) is 0 Å². The molecular weight excluding hydrogens is 310 g/mol. The first-order valence-electron chi connectivity index (χ1n) is 7.25. The predicted octanol–water partition coefficient (Wildman–Crippen LogP) is 2.06. The number of anilines is 1. The first kappa shape index (κ1) is 17.1. The lowest BCUT2D eigenvalue weighted by molar-refractivity contribution is -0.121. The van der Waals surface area contributed by atoms with Crippen LogP contribution in [0.5, 0.6) is 17.2 Å². The molecule has 1 amide bonds. The largest absolute Gasteiger partial charge is 0.508 e. The highest BCUT2D eigenvalue weighted by Crippen LogP contribution is 2.23. The van der Waals surface area contributed by atoms with Crippen LogP contribution >= 0.6 is 0 Å². The van der Waals surface area contributed by atoms with Crippen LogP contribution in [0.15, 0.2) is 47.6 Å². The van der Waals surface area contributed by atoms with Crippen molar-refractivity contribution in [2.45, 2.75) is 13.0 Å². The molecule has 24 heavy (non-hydrogen) atoms. The molecule has 0 aliphatic carbocycles. The molecule has 0 radical (unpaired) electrons. The number of amides is 1. The molecule has 0 aliphatic heterocycles. The first-order chi connectivity index (χ1) is 11.5. The van der Waals surface area contributed by atoms with E-state index in [4.69, 9.17) is 4.74 Å². The Kier molecular flexibility index (Phi) is 5.62. The van der Waals surface area contributed by atoms with E-state index in [9.17, 15) is 15.0 Å². The number of phenols is 2. The van der Waals surface area contributed by atoms with Crippen LogP contribution in [0.25, 0.3) is 0 Å². The van der Waals surface area contributed by atoms with E-state index < -0.39 is 6.04 Å². The number of phenolic OH excluding ortho intramolecular Hbond substituents is 2. The number of carbonyl (C=O) groups is 1. The van der Waals surface area contributed by atoms with Gasteiger partial charge < -0.3 is 20.3 Å². The van der Waals surface area contributed by atoms with Crippen molar-refractivity contribution in [2.24, 2.45) is 5.10 Å². The molecule has 2 rings (SSSR count). The third-order valence-electron chi connectivity index (χ3n) is 3.26. The van der Waals surface area contributed by atoms with Crippen molar-refractivity contribution < 1.29 is 19.7 Å². The Balaban J connectivity index is 1.95. The van der Waals surface area contributed by atoms with Crippen LogP contribution in [0.4, 0.5) is 5.69 Å². The summed E-state index contributed by atoms with van der Waals surface area (Å²) < 4.78 is 5.22. The lowest BCUT2D eigenvalue weighted by Gasteiger charge is -2.15. The van der Waals surface area contributed by atoms with Gasteiger partial charge in [-0.05, 0) is 31.2 Å². The molecule has 0 bridgehead atoms. The normalized spacial score (nSPS) is 11.9. The van der Waals surface area contributed by atoms with Crippen molar-refractivity contribution in [3.63, 3.8) is 0 Å². The van der Waals surface area contributed by atoms with Gasteiger partial charge in [-0.3, -0.25) is 4.79 Å². The van der Waals surface area contributed by atoms with Crippen LogP contribution in [0.1, 0.15) is 12.5 Å². The number of ether oxygens (including phenoxy) is 1. The fraction of sp³-hybridized carbons (Fsp3) is 0.176. The number of hydrogen-bond donors (Lipinski definition) is 4. The molecule has 0 aliphatic rings. The number of hydrazone groups is 1. The van der Waals surface area contributed by atoms with Crippen molar-refractivity contribution in [3.8, 4) is 17.2 Å². The van der Waals surface area contributed by atoms with Crippen molar-refractivity contribution in [3.05, 3.63) is 48.0 Å². The van der Waals surface area contributed by atoms with Gasteiger partial charge in [-0.2, -0.15) is 5.10 Å². The average Bonchev–Trinajstić information content (AvgIpc) is 2.57. The lowest BCUT2D eigenvalue weighted by Crippen LogP contribution is -2.35. The summed E-state index contributed by atoms with van der Waals surface area (Å²) in [5.41, 5.74) is 3.45. The summed E-state index contributed by atoms with van der Waals surface area (Å²) in [7, 11) is 1.56. The topological polar surface area (TPSA) is 103 Å². The molecule has 0 spiro atoms. The predicted molar refractivity (Wildman–Crippen MR) is 91.6 cm³/mol.